The van der Waals surface area contributed by atoms with E-state index >= 15 is 0 Å². The number of sulfonamides is 1. The fraction of sp³-hybridized carbons (Fsp3) is 0.600. The number of aliphatic hydroxyl groups is 1. The molecule has 0 aliphatic carbocycles. The normalized spacial score (nSPS) is 13.7. The zero-order valence-corrected chi connectivity index (χ0v) is 13.5. The summed E-state index contributed by atoms with van der Waals surface area (Å²) in [5, 5.41) is 10.0. The van der Waals surface area contributed by atoms with Crippen molar-refractivity contribution in [1.29, 1.82) is 0 Å². The number of hydrogen-bond acceptors (Lipinski definition) is 3. The number of nitrogens with one attached hydrogen (secondary N) is 1. The summed E-state index contributed by atoms with van der Waals surface area (Å²) in [7, 11) is -3.56. The Kier molecular flexibility index (Phi) is 6.17. The third kappa shape index (κ3) is 4.30. The smallest absolute Gasteiger partial charge is 0.240 e. The predicted molar refractivity (Wildman–Crippen MR) is 81.2 cm³/mol. The van der Waals surface area contributed by atoms with Crippen molar-refractivity contribution in [3.05, 3.63) is 29.3 Å². The molecule has 0 saturated heterocycles. The third-order valence-corrected chi connectivity index (χ3v) is 5.28. The lowest BCUT2D eigenvalue weighted by molar-refractivity contribution is 0.107. The zero-order valence-electron chi connectivity index (χ0n) is 12.7. The van der Waals surface area contributed by atoms with Gasteiger partial charge >= 0.3 is 0 Å². The van der Waals surface area contributed by atoms with Gasteiger partial charge < -0.3 is 5.11 Å². The summed E-state index contributed by atoms with van der Waals surface area (Å²) in [4.78, 5) is 0.278. The summed E-state index contributed by atoms with van der Waals surface area (Å²) < 4.78 is 27.0. The Labute approximate surface area is 122 Å². The maximum Gasteiger partial charge on any atom is 0.240 e. The lowest BCUT2D eigenvalue weighted by Crippen LogP contribution is -2.36. The van der Waals surface area contributed by atoms with Crippen LogP contribution in [0.3, 0.4) is 0 Å². The van der Waals surface area contributed by atoms with E-state index in [1.165, 1.54) is 0 Å². The van der Waals surface area contributed by atoms with E-state index in [1.807, 2.05) is 26.8 Å². The lowest BCUT2D eigenvalue weighted by atomic mass is 9.97. The van der Waals surface area contributed by atoms with E-state index in [0.29, 0.717) is 0 Å². The van der Waals surface area contributed by atoms with Crippen LogP contribution in [0.5, 0.6) is 0 Å². The van der Waals surface area contributed by atoms with Gasteiger partial charge in [-0.15, -0.1) is 0 Å². The van der Waals surface area contributed by atoms with Gasteiger partial charge in [0.1, 0.15) is 0 Å². The van der Waals surface area contributed by atoms with Crippen LogP contribution in [0.1, 0.15) is 37.8 Å². The summed E-state index contributed by atoms with van der Waals surface area (Å²) in [6, 6.07) is 5.22. The van der Waals surface area contributed by atoms with Crippen LogP contribution < -0.4 is 4.72 Å². The molecule has 0 radical (unpaired) electrons. The molecule has 1 aromatic rings. The van der Waals surface area contributed by atoms with E-state index in [4.69, 9.17) is 0 Å². The third-order valence-electron chi connectivity index (χ3n) is 3.70. The SMILES string of the molecule is CCC(CC)C(O)CNS(=O)(=O)c1ccc(C)cc1C. The van der Waals surface area contributed by atoms with Crippen molar-refractivity contribution in [2.45, 2.75) is 51.5 Å². The van der Waals surface area contributed by atoms with Crippen molar-refractivity contribution >= 4 is 10.0 Å². The first-order valence-electron chi connectivity index (χ1n) is 7.06. The fourth-order valence-corrected chi connectivity index (χ4v) is 3.65. The van der Waals surface area contributed by atoms with Crippen molar-refractivity contribution in [3.63, 3.8) is 0 Å². The maximum absolute atomic E-state index is 12.2. The van der Waals surface area contributed by atoms with Crippen molar-refractivity contribution < 1.29 is 13.5 Å². The number of aryl methyl sites for hydroxylation is 2. The van der Waals surface area contributed by atoms with Crippen LogP contribution in [0.15, 0.2) is 23.1 Å². The molecule has 4 nitrogen and oxygen atoms in total. The second kappa shape index (κ2) is 7.20. The molecule has 0 saturated carbocycles. The summed E-state index contributed by atoms with van der Waals surface area (Å²) in [5.74, 6) is 0.122. The first kappa shape index (κ1) is 17.1. The highest BCUT2D eigenvalue weighted by atomic mass is 32.2. The summed E-state index contributed by atoms with van der Waals surface area (Å²) >= 11 is 0. The minimum absolute atomic E-state index is 0.0575. The molecule has 1 unspecified atom stereocenters. The van der Waals surface area contributed by atoms with Gasteiger partial charge in [-0.3, -0.25) is 0 Å². The standard InChI is InChI=1S/C15H25NO3S/c1-5-13(6-2)14(17)10-16-20(18,19)15-8-7-11(3)9-12(15)4/h7-9,13-14,16-17H,5-6,10H2,1-4H3. The minimum atomic E-state index is -3.56. The number of rotatable bonds is 7. The average molecular weight is 299 g/mol. The predicted octanol–water partition coefficient (Wildman–Crippen LogP) is 2.38. The van der Waals surface area contributed by atoms with Gasteiger partial charge in [-0.1, -0.05) is 44.4 Å². The van der Waals surface area contributed by atoms with Gasteiger partial charge in [0, 0.05) is 6.54 Å². The van der Waals surface area contributed by atoms with E-state index in [0.717, 1.165) is 24.0 Å². The molecule has 1 aromatic carbocycles. The molecule has 1 rings (SSSR count). The highest BCUT2D eigenvalue weighted by Gasteiger charge is 2.21. The first-order chi connectivity index (χ1) is 9.31. The van der Waals surface area contributed by atoms with Crippen molar-refractivity contribution in [2.24, 2.45) is 5.92 Å². The minimum Gasteiger partial charge on any atom is -0.391 e. The average Bonchev–Trinajstić information content (AvgIpc) is 2.37. The molecule has 0 heterocycles. The second-order valence-corrected chi connectivity index (χ2v) is 7.00. The quantitative estimate of drug-likeness (QED) is 0.812. The van der Waals surface area contributed by atoms with E-state index in [1.54, 1.807) is 19.1 Å². The van der Waals surface area contributed by atoms with Gasteiger partial charge in [0.05, 0.1) is 11.0 Å². The Morgan fingerprint density at radius 2 is 1.80 bits per heavy atom. The lowest BCUT2D eigenvalue weighted by Gasteiger charge is -2.20. The molecule has 1 atom stereocenters. The topological polar surface area (TPSA) is 66.4 Å². The molecule has 0 aliphatic rings. The fourth-order valence-electron chi connectivity index (χ4n) is 2.37. The molecular weight excluding hydrogens is 274 g/mol. The molecule has 0 fully saturated rings. The summed E-state index contributed by atoms with van der Waals surface area (Å²) in [5.41, 5.74) is 1.74. The second-order valence-electron chi connectivity index (χ2n) is 5.26. The summed E-state index contributed by atoms with van der Waals surface area (Å²) in [6.07, 6.45) is 1.02. The van der Waals surface area contributed by atoms with Gasteiger partial charge in [-0.2, -0.15) is 0 Å². The van der Waals surface area contributed by atoms with E-state index < -0.39 is 16.1 Å². The largest absolute Gasteiger partial charge is 0.391 e. The van der Waals surface area contributed by atoms with Gasteiger partial charge in [0.15, 0.2) is 0 Å². The first-order valence-corrected chi connectivity index (χ1v) is 8.55. The van der Waals surface area contributed by atoms with Crippen LogP contribution in [0.4, 0.5) is 0 Å². The van der Waals surface area contributed by atoms with Gasteiger partial charge in [-0.05, 0) is 31.4 Å². The molecule has 0 bridgehead atoms. The monoisotopic (exact) mass is 299 g/mol. The van der Waals surface area contributed by atoms with E-state index in [-0.39, 0.29) is 17.4 Å². The Morgan fingerprint density at radius 1 is 1.20 bits per heavy atom. The summed E-state index contributed by atoms with van der Waals surface area (Å²) in [6.45, 7) is 7.75. The Hall–Kier alpha value is -0.910. The molecular formula is C15H25NO3S. The van der Waals surface area contributed by atoms with Crippen molar-refractivity contribution in [2.75, 3.05) is 6.54 Å². The number of hydrogen-bond donors (Lipinski definition) is 2. The highest BCUT2D eigenvalue weighted by molar-refractivity contribution is 7.89. The Bertz CT molecular complexity index is 536. The molecule has 0 amide bonds. The van der Waals surface area contributed by atoms with E-state index in [9.17, 15) is 13.5 Å². The van der Waals surface area contributed by atoms with Crippen LogP contribution in [0, 0.1) is 19.8 Å². The van der Waals surface area contributed by atoms with Gasteiger partial charge in [0.25, 0.3) is 0 Å². The van der Waals surface area contributed by atoms with Crippen LogP contribution in [0.2, 0.25) is 0 Å². The molecule has 114 valence electrons. The van der Waals surface area contributed by atoms with Crippen LogP contribution in [-0.4, -0.2) is 26.2 Å². The molecule has 0 aliphatic heterocycles. The zero-order chi connectivity index (χ0) is 15.3. The van der Waals surface area contributed by atoms with Crippen LogP contribution >= 0.6 is 0 Å². The number of benzene rings is 1. The van der Waals surface area contributed by atoms with Gasteiger partial charge in [0.2, 0.25) is 10.0 Å². The maximum atomic E-state index is 12.2. The van der Waals surface area contributed by atoms with Crippen LogP contribution in [-0.2, 0) is 10.0 Å². The Morgan fingerprint density at radius 3 is 2.30 bits per heavy atom. The molecule has 0 spiro atoms. The van der Waals surface area contributed by atoms with Gasteiger partial charge in [-0.25, -0.2) is 13.1 Å². The molecule has 2 N–H and O–H groups in total. The molecule has 0 aromatic heterocycles. The Balaban J connectivity index is 2.80. The highest BCUT2D eigenvalue weighted by Crippen LogP contribution is 2.17. The van der Waals surface area contributed by atoms with Crippen molar-refractivity contribution in [1.82, 2.24) is 4.72 Å². The van der Waals surface area contributed by atoms with Crippen molar-refractivity contribution in [3.8, 4) is 0 Å². The van der Waals surface area contributed by atoms with E-state index in [2.05, 4.69) is 4.72 Å². The molecule has 5 heteroatoms. The molecule has 20 heavy (non-hydrogen) atoms. The van der Waals surface area contributed by atoms with Crippen LogP contribution in [0.25, 0.3) is 0 Å². The number of aliphatic hydroxyl groups excluding tert-OH is 1.